The van der Waals surface area contributed by atoms with Crippen molar-refractivity contribution in [3.05, 3.63) is 35.7 Å². The van der Waals surface area contributed by atoms with Gasteiger partial charge >= 0.3 is 0 Å². The fourth-order valence-electron chi connectivity index (χ4n) is 1.73. The van der Waals surface area contributed by atoms with Gasteiger partial charge in [0.15, 0.2) is 0 Å². The van der Waals surface area contributed by atoms with Crippen molar-refractivity contribution < 1.29 is 8.42 Å². The summed E-state index contributed by atoms with van der Waals surface area (Å²) in [6.07, 6.45) is 6.01. The number of nitrogens with zero attached hydrogens (tertiary/aromatic N) is 2. The average Bonchev–Trinajstić information content (AvgIpc) is 3.06. The van der Waals surface area contributed by atoms with E-state index in [9.17, 15) is 8.42 Å². The topological polar surface area (TPSA) is 76.0 Å². The van der Waals surface area contributed by atoms with Gasteiger partial charge in [-0.3, -0.25) is 0 Å². The van der Waals surface area contributed by atoms with Crippen LogP contribution in [0, 0.1) is 0 Å². The molecule has 0 aliphatic rings. The maximum atomic E-state index is 12.1. The average molecular weight is 314 g/mol. The molecule has 0 amide bonds. The molecule has 8 heteroatoms. The monoisotopic (exact) mass is 314 g/mol. The normalized spacial score (nSPS) is 11.8. The summed E-state index contributed by atoms with van der Waals surface area (Å²) < 4.78 is 29.1. The lowest BCUT2D eigenvalue weighted by Crippen LogP contribution is -2.24. The lowest BCUT2D eigenvalue weighted by atomic mass is 10.4. The second-order valence-corrected chi connectivity index (χ2v) is 7.47. The van der Waals surface area contributed by atoms with Crippen molar-refractivity contribution in [1.82, 2.24) is 19.6 Å². The first-order chi connectivity index (χ1) is 9.62. The third kappa shape index (κ3) is 4.14. The Labute approximate surface area is 122 Å². The molecule has 0 fully saturated rings. The molecule has 2 aromatic heterocycles. The minimum atomic E-state index is -3.38. The van der Waals surface area contributed by atoms with Crippen molar-refractivity contribution in [2.24, 2.45) is 0 Å². The van der Waals surface area contributed by atoms with Gasteiger partial charge in [-0.2, -0.15) is 0 Å². The lowest BCUT2D eigenvalue weighted by molar-refractivity contribution is 0.571. The Bertz CT molecular complexity index is 620. The van der Waals surface area contributed by atoms with Gasteiger partial charge in [0.1, 0.15) is 4.21 Å². The molecule has 0 bridgehead atoms. The van der Waals surface area contributed by atoms with Gasteiger partial charge in [-0.15, -0.1) is 11.3 Å². The number of aryl methyl sites for hydroxylation is 1. The Morgan fingerprint density at radius 2 is 2.25 bits per heavy atom. The summed E-state index contributed by atoms with van der Waals surface area (Å²) >= 11 is 1.29. The molecule has 0 unspecified atom stereocenters. The molecule has 2 N–H and O–H groups in total. The zero-order valence-corrected chi connectivity index (χ0v) is 12.9. The number of rotatable bonds is 8. The molecule has 0 atom stereocenters. The summed E-state index contributed by atoms with van der Waals surface area (Å²) in [5.41, 5.74) is 0. The highest BCUT2D eigenvalue weighted by Crippen LogP contribution is 2.21. The molecule has 110 valence electrons. The first kappa shape index (κ1) is 15.2. The Balaban J connectivity index is 1.83. The van der Waals surface area contributed by atoms with Crippen LogP contribution in [0.1, 0.15) is 11.3 Å². The van der Waals surface area contributed by atoms with Crippen molar-refractivity contribution in [1.29, 1.82) is 0 Å². The Hall–Kier alpha value is -1.22. The Morgan fingerprint density at radius 3 is 2.95 bits per heavy atom. The SMILES string of the molecule is CNCc1ccc(S(=O)(=O)NCCCn2ccnc2)s1. The largest absolute Gasteiger partial charge is 0.337 e. The predicted octanol–water partition coefficient (Wildman–Crippen LogP) is 1.03. The zero-order chi connectivity index (χ0) is 14.4. The van der Waals surface area contributed by atoms with Crippen molar-refractivity contribution in [2.45, 2.75) is 23.7 Å². The van der Waals surface area contributed by atoms with Crippen LogP contribution in [-0.2, 0) is 23.1 Å². The minimum absolute atomic E-state index is 0.366. The molecule has 2 heterocycles. The number of imidazole rings is 1. The summed E-state index contributed by atoms with van der Waals surface area (Å²) in [5.74, 6) is 0. The molecule has 0 radical (unpaired) electrons. The maximum absolute atomic E-state index is 12.1. The van der Waals surface area contributed by atoms with Crippen molar-refractivity contribution in [3.8, 4) is 0 Å². The maximum Gasteiger partial charge on any atom is 0.250 e. The molecule has 0 aliphatic carbocycles. The first-order valence-electron chi connectivity index (χ1n) is 6.30. The number of thiophene rings is 1. The van der Waals surface area contributed by atoms with Gasteiger partial charge in [0.2, 0.25) is 10.0 Å². The summed E-state index contributed by atoms with van der Waals surface area (Å²) in [7, 11) is -1.55. The molecule has 0 saturated heterocycles. The fraction of sp³-hybridized carbons (Fsp3) is 0.417. The number of sulfonamides is 1. The number of nitrogens with one attached hydrogen (secondary N) is 2. The van der Waals surface area contributed by atoms with Crippen LogP contribution < -0.4 is 10.0 Å². The van der Waals surface area contributed by atoms with Crippen molar-refractivity contribution in [2.75, 3.05) is 13.6 Å². The molecule has 0 spiro atoms. The molecule has 0 aromatic carbocycles. The van der Waals surface area contributed by atoms with E-state index in [1.807, 2.05) is 23.9 Å². The molecule has 6 nitrogen and oxygen atoms in total. The van der Waals surface area contributed by atoms with Crippen LogP contribution in [-0.4, -0.2) is 31.6 Å². The molecule has 0 saturated carbocycles. The van der Waals surface area contributed by atoms with Gasteiger partial charge in [-0.25, -0.2) is 18.1 Å². The van der Waals surface area contributed by atoms with E-state index in [0.29, 0.717) is 17.3 Å². The highest BCUT2D eigenvalue weighted by atomic mass is 32.2. The molecular weight excluding hydrogens is 296 g/mol. The van der Waals surface area contributed by atoms with E-state index in [1.54, 1.807) is 18.6 Å². The molecule has 20 heavy (non-hydrogen) atoms. The lowest BCUT2D eigenvalue weighted by Gasteiger charge is -2.05. The quantitative estimate of drug-likeness (QED) is 0.714. The number of hydrogen-bond donors (Lipinski definition) is 2. The van der Waals surface area contributed by atoms with E-state index < -0.39 is 10.0 Å². The standard InChI is InChI=1S/C12H18N4O2S2/c1-13-9-11-3-4-12(19-11)20(17,18)15-5-2-7-16-8-6-14-10-16/h3-4,6,8,10,13,15H,2,5,7,9H2,1H3. The summed E-state index contributed by atoms with van der Waals surface area (Å²) in [6, 6.07) is 3.48. The van der Waals surface area contributed by atoms with Crippen LogP contribution in [0.4, 0.5) is 0 Å². The van der Waals surface area contributed by atoms with Crippen LogP contribution in [0.2, 0.25) is 0 Å². The smallest absolute Gasteiger partial charge is 0.250 e. The van der Waals surface area contributed by atoms with Crippen LogP contribution in [0.3, 0.4) is 0 Å². The number of aromatic nitrogens is 2. The second kappa shape index (κ2) is 6.98. The van der Waals surface area contributed by atoms with Crippen LogP contribution in [0.25, 0.3) is 0 Å². The van der Waals surface area contributed by atoms with Crippen molar-refractivity contribution in [3.63, 3.8) is 0 Å². The number of hydrogen-bond acceptors (Lipinski definition) is 5. The molecule has 2 aromatic rings. The Morgan fingerprint density at radius 1 is 1.40 bits per heavy atom. The van der Waals surface area contributed by atoms with E-state index in [0.717, 1.165) is 17.8 Å². The summed E-state index contributed by atoms with van der Waals surface area (Å²) in [6.45, 7) is 1.85. The van der Waals surface area contributed by atoms with E-state index in [-0.39, 0.29) is 0 Å². The summed E-state index contributed by atoms with van der Waals surface area (Å²) in [5, 5.41) is 3.00. The zero-order valence-electron chi connectivity index (χ0n) is 11.2. The van der Waals surface area contributed by atoms with Crippen LogP contribution in [0.15, 0.2) is 35.1 Å². The third-order valence-electron chi connectivity index (χ3n) is 2.70. The van der Waals surface area contributed by atoms with Crippen molar-refractivity contribution >= 4 is 21.4 Å². The first-order valence-corrected chi connectivity index (χ1v) is 8.60. The van der Waals surface area contributed by atoms with Gasteiger partial charge in [-0.1, -0.05) is 0 Å². The highest BCUT2D eigenvalue weighted by Gasteiger charge is 2.15. The third-order valence-corrected chi connectivity index (χ3v) is 5.74. The van der Waals surface area contributed by atoms with E-state index in [4.69, 9.17) is 0 Å². The van der Waals surface area contributed by atoms with Gasteiger partial charge in [0.05, 0.1) is 6.33 Å². The molecule has 2 rings (SSSR count). The highest BCUT2D eigenvalue weighted by molar-refractivity contribution is 7.91. The van der Waals surface area contributed by atoms with Gasteiger partial charge in [0, 0.05) is 36.9 Å². The van der Waals surface area contributed by atoms with Gasteiger partial charge in [-0.05, 0) is 25.6 Å². The summed E-state index contributed by atoms with van der Waals surface area (Å²) in [4.78, 5) is 4.94. The van der Waals surface area contributed by atoms with Crippen LogP contribution in [0.5, 0.6) is 0 Å². The Kier molecular flexibility index (Phi) is 5.30. The van der Waals surface area contributed by atoms with Crippen LogP contribution >= 0.6 is 11.3 Å². The second-order valence-electron chi connectivity index (χ2n) is 4.30. The van der Waals surface area contributed by atoms with Gasteiger partial charge in [0.25, 0.3) is 0 Å². The fourth-order valence-corrected chi connectivity index (χ4v) is 4.22. The molecular formula is C12H18N4O2S2. The minimum Gasteiger partial charge on any atom is -0.337 e. The van der Waals surface area contributed by atoms with E-state index >= 15 is 0 Å². The molecule has 0 aliphatic heterocycles. The predicted molar refractivity (Wildman–Crippen MR) is 79.1 cm³/mol. The van der Waals surface area contributed by atoms with Gasteiger partial charge < -0.3 is 9.88 Å². The van der Waals surface area contributed by atoms with E-state index in [2.05, 4.69) is 15.0 Å². The van der Waals surface area contributed by atoms with E-state index in [1.165, 1.54) is 11.3 Å².